The fourth-order valence-electron chi connectivity index (χ4n) is 1.31. The van der Waals surface area contributed by atoms with Crippen LogP contribution in [0.1, 0.15) is 32.6 Å². The molecule has 1 aliphatic carbocycles. The van der Waals surface area contributed by atoms with E-state index >= 15 is 0 Å². The number of hydrogen-bond donors (Lipinski definition) is 0. The average molecular weight is 189 g/mol. The van der Waals surface area contributed by atoms with Crippen LogP contribution < -0.4 is 0 Å². The van der Waals surface area contributed by atoms with Crippen molar-refractivity contribution in [3.8, 4) is 0 Å². The maximum atomic E-state index is 3.58. The lowest BCUT2D eigenvalue weighted by Crippen LogP contribution is -2.02. The fourth-order valence-corrected chi connectivity index (χ4v) is 2.09. The molecule has 0 bridgehead atoms. The summed E-state index contributed by atoms with van der Waals surface area (Å²) in [6.45, 7) is 2.26. The topological polar surface area (TPSA) is 0 Å². The lowest BCUT2D eigenvalue weighted by atomic mass is 9.94. The molecule has 1 aliphatic rings. The molecule has 0 amide bonds. The molecule has 1 heteroatoms. The first kappa shape index (κ1) is 7.33. The van der Waals surface area contributed by atoms with Crippen LogP contribution in [-0.2, 0) is 0 Å². The smallest absolute Gasteiger partial charge is 0.00583 e. The van der Waals surface area contributed by atoms with Crippen LogP contribution in [0, 0.1) is 5.92 Å². The zero-order valence-electron chi connectivity index (χ0n) is 5.86. The number of hydrogen-bond acceptors (Lipinski definition) is 0. The Bertz CT molecular complexity index is 116. The standard InChI is InChI=1S/C8H13Br/c1-2-7-5-3-4-6-8(7)9/h6-7H,2-5H2,1H3. The van der Waals surface area contributed by atoms with Gasteiger partial charge in [0.2, 0.25) is 0 Å². The molecule has 0 aromatic rings. The van der Waals surface area contributed by atoms with Gasteiger partial charge in [-0.25, -0.2) is 0 Å². The van der Waals surface area contributed by atoms with Crippen LogP contribution in [0.2, 0.25) is 0 Å². The zero-order chi connectivity index (χ0) is 6.69. The second kappa shape index (κ2) is 3.40. The van der Waals surface area contributed by atoms with Crippen molar-refractivity contribution in [2.75, 3.05) is 0 Å². The first-order valence-electron chi connectivity index (χ1n) is 3.70. The summed E-state index contributed by atoms with van der Waals surface area (Å²) < 4.78 is 1.44. The summed E-state index contributed by atoms with van der Waals surface area (Å²) in [7, 11) is 0. The molecular weight excluding hydrogens is 176 g/mol. The van der Waals surface area contributed by atoms with Gasteiger partial charge in [0.15, 0.2) is 0 Å². The van der Waals surface area contributed by atoms with Gasteiger partial charge in [-0.1, -0.05) is 28.9 Å². The van der Waals surface area contributed by atoms with E-state index < -0.39 is 0 Å². The Hall–Kier alpha value is 0.220. The highest BCUT2D eigenvalue weighted by molar-refractivity contribution is 9.11. The van der Waals surface area contributed by atoms with E-state index in [4.69, 9.17) is 0 Å². The van der Waals surface area contributed by atoms with Crippen molar-refractivity contribution in [1.82, 2.24) is 0 Å². The van der Waals surface area contributed by atoms with Crippen LogP contribution in [0.3, 0.4) is 0 Å². The van der Waals surface area contributed by atoms with Gasteiger partial charge in [0.1, 0.15) is 0 Å². The van der Waals surface area contributed by atoms with Gasteiger partial charge in [-0.15, -0.1) is 0 Å². The van der Waals surface area contributed by atoms with E-state index in [0.717, 1.165) is 5.92 Å². The average Bonchev–Trinajstić information content (AvgIpc) is 1.89. The van der Waals surface area contributed by atoms with Gasteiger partial charge < -0.3 is 0 Å². The molecule has 0 radical (unpaired) electrons. The van der Waals surface area contributed by atoms with E-state index in [0.29, 0.717) is 0 Å². The van der Waals surface area contributed by atoms with E-state index in [1.807, 2.05) is 0 Å². The van der Waals surface area contributed by atoms with Crippen molar-refractivity contribution in [2.24, 2.45) is 5.92 Å². The van der Waals surface area contributed by atoms with Gasteiger partial charge in [0.25, 0.3) is 0 Å². The Kier molecular flexibility index (Phi) is 2.77. The van der Waals surface area contributed by atoms with Gasteiger partial charge in [-0.05, 0) is 36.1 Å². The molecule has 1 rings (SSSR count). The van der Waals surface area contributed by atoms with Crippen molar-refractivity contribution in [1.29, 1.82) is 0 Å². The van der Waals surface area contributed by atoms with E-state index in [-0.39, 0.29) is 0 Å². The van der Waals surface area contributed by atoms with E-state index in [1.54, 1.807) is 0 Å². The minimum atomic E-state index is 0.832. The largest absolute Gasteiger partial charge is 0.0741 e. The van der Waals surface area contributed by atoms with Crippen LogP contribution in [0.25, 0.3) is 0 Å². The highest BCUT2D eigenvalue weighted by atomic mass is 79.9. The summed E-state index contributed by atoms with van der Waals surface area (Å²) in [5, 5.41) is 0. The minimum Gasteiger partial charge on any atom is -0.0741 e. The summed E-state index contributed by atoms with van der Waals surface area (Å²) in [6.07, 6.45) is 7.65. The van der Waals surface area contributed by atoms with Crippen LogP contribution in [0.5, 0.6) is 0 Å². The van der Waals surface area contributed by atoms with Gasteiger partial charge in [-0.3, -0.25) is 0 Å². The maximum Gasteiger partial charge on any atom is -0.00583 e. The Morgan fingerprint density at radius 1 is 1.78 bits per heavy atom. The molecule has 9 heavy (non-hydrogen) atoms. The predicted molar refractivity (Wildman–Crippen MR) is 44.6 cm³/mol. The highest BCUT2D eigenvalue weighted by Crippen LogP contribution is 2.30. The third-order valence-corrected chi connectivity index (χ3v) is 2.95. The Morgan fingerprint density at radius 2 is 2.56 bits per heavy atom. The van der Waals surface area contributed by atoms with E-state index in [2.05, 4.69) is 28.9 Å². The van der Waals surface area contributed by atoms with Gasteiger partial charge >= 0.3 is 0 Å². The predicted octanol–water partition coefficient (Wildman–Crippen LogP) is 3.48. The molecule has 0 N–H and O–H groups in total. The van der Waals surface area contributed by atoms with Crippen LogP contribution >= 0.6 is 15.9 Å². The molecule has 1 unspecified atom stereocenters. The Morgan fingerprint density at radius 3 is 3.00 bits per heavy atom. The molecule has 52 valence electrons. The van der Waals surface area contributed by atoms with Gasteiger partial charge in [0.05, 0.1) is 0 Å². The molecular formula is C8H13Br. The first-order chi connectivity index (χ1) is 4.34. The summed E-state index contributed by atoms with van der Waals surface area (Å²) in [5.41, 5.74) is 0. The lowest BCUT2D eigenvalue weighted by molar-refractivity contribution is 0.521. The monoisotopic (exact) mass is 188 g/mol. The van der Waals surface area contributed by atoms with Gasteiger partial charge in [-0.2, -0.15) is 0 Å². The van der Waals surface area contributed by atoms with Crippen LogP contribution in [0.4, 0.5) is 0 Å². The first-order valence-corrected chi connectivity index (χ1v) is 4.49. The van der Waals surface area contributed by atoms with Crippen molar-refractivity contribution in [3.63, 3.8) is 0 Å². The maximum absolute atomic E-state index is 3.58. The van der Waals surface area contributed by atoms with Crippen molar-refractivity contribution < 1.29 is 0 Å². The van der Waals surface area contributed by atoms with Crippen LogP contribution in [-0.4, -0.2) is 0 Å². The molecule has 0 aliphatic heterocycles. The normalized spacial score (nSPS) is 27.8. The Labute approximate surface area is 65.5 Å². The molecule has 0 aromatic carbocycles. The van der Waals surface area contributed by atoms with Crippen LogP contribution in [0.15, 0.2) is 10.6 Å². The zero-order valence-corrected chi connectivity index (χ0v) is 7.45. The molecule has 0 nitrogen and oxygen atoms in total. The van der Waals surface area contributed by atoms with Gasteiger partial charge in [0, 0.05) is 0 Å². The number of allylic oxidation sites excluding steroid dienone is 2. The highest BCUT2D eigenvalue weighted by Gasteiger charge is 2.12. The summed E-state index contributed by atoms with van der Waals surface area (Å²) in [6, 6.07) is 0. The summed E-state index contributed by atoms with van der Waals surface area (Å²) in [5.74, 6) is 0.832. The molecule has 0 saturated carbocycles. The van der Waals surface area contributed by atoms with E-state index in [9.17, 15) is 0 Å². The third kappa shape index (κ3) is 1.82. The lowest BCUT2D eigenvalue weighted by Gasteiger charge is -2.17. The minimum absolute atomic E-state index is 0.832. The number of rotatable bonds is 1. The SMILES string of the molecule is CCC1CCCC=C1Br. The molecule has 0 fully saturated rings. The quantitative estimate of drug-likeness (QED) is 0.592. The van der Waals surface area contributed by atoms with Crippen molar-refractivity contribution >= 4 is 15.9 Å². The Balaban J connectivity index is 2.50. The second-order valence-corrected chi connectivity index (χ2v) is 3.54. The summed E-state index contributed by atoms with van der Waals surface area (Å²) >= 11 is 3.58. The molecule has 0 aromatic heterocycles. The number of halogens is 1. The molecule has 0 spiro atoms. The molecule has 1 atom stereocenters. The van der Waals surface area contributed by atoms with Crippen molar-refractivity contribution in [3.05, 3.63) is 10.6 Å². The fraction of sp³-hybridized carbons (Fsp3) is 0.750. The molecule has 0 saturated heterocycles. The third-order valence-electron chi connectivity index (χ3n) is 1.98. The second-order valence-electron chi connectivity index (χ2n) is 2.63. The summed E-state index contributed by atoms with van der Waals surface area (Å²) in [4.78, 5) is 0. The van der Waals surface area contributed by atoms with Crippen molar-refractivity contribution in [2.45, 2.75) is 32.6 Å². The van der Waals surface area contributed by atoms with E-state index in [1.165, 1.54) is 30.2 Å². The molecule has 0 heterocycles.